The van der Waals surface area contributed by atoms with Gasteiger partial charge in [-0.3, -0.25) is 0 Å². The molecule has 0 N–H and O–H groups in total. The summed E-state index contributed by atoms with van der Waals surface area (Å²) in [6.07, 6.45) is 0. The third-order valence-corrected chi connectivity index (χ3v) is 3.19. The van der Waals surface area contributed by atoms with Crippen molar-refractivity contribution in [2.24, 2.45) is 0 Å². The average Bonchev–Trinajstić information content (AvgIpc) is 2.33. The summed E-state index contributed by atoms with van der Waals surface area (Å²) in [5.41, 5.74) is 2.87. The van der Waals surface area contributed by atoms with Crippen molar-refractivity contribution in [3.8, 4) is 11.6 Å². The van der Waals surface area contributed by atoms with Gasteiger partial charge in [0, 0.05) is 22.7 Å². The van der Waals surface area contributed by atoms with Crippen LogP contribution in [0.4, 0.5) is 0 Å². The number of hydrogen-bond acceptors (Lipinski definition) is 2. The van der Waals surface area contributed by atoms with E-state index < -0.39 is 0 Å². The van der Waals surface area contributed by atoms with E-state index >= 15 is 0 Å². The van der Waals surface area contributed by atoms with Gasteiger partial charge in [-0.2, -0.15) is 0 Å². The largest absolute Gasteiger partial charge is 0.439 e. The van der Waals surface area contributed by atoms with E-state index in [1.165, 1.54) is 0 Å². The van der Waals surface area contributed by atoms with Crippen LogP contribution in [0.1, 0.15) is 16.8 Å². The van der Waals surface area contributed by atoms with Crippen molar-refractivity contribution in [3.63, 3.8) is 0 Å². The molecule has 4 heteroatoms. The highest BCUT2D eigenvalue weighted by atomic mass is 35.5. The van der Waals surface area contributed by atoms with Crippen LogP contribution in [-0.4, -0.2) is 4.98 Å². The summed E-state index contributed by atoms with van der Waals surface area (Å²) in [6, 6.07) is 9.24. The molecule has 2 aromatic rings. The van der Waals surface area contributed by atoms with Crippen LogP contribution in [0.15, 0.2) is 30.3 Å². The summed E-state index contributed by atoms with van der Waals surface area (Å²) in [5.74, 6) is 1.77. The van der Waals surface area contributed by atoms with Gasteiger partial charge in [0.25, 0.3) is 0 Å². The van der Waals surface area contributed by atoms with Crippen LogP contribution in [0.3, 0.4) is 0 Å². The van der Waals surface area contributed by atoms with E-state index in [0.29, 0.717) is 16.8 Å². The molecule has 1 aromatic heterocycles. The Morgan fingerprint density at radius 3 is 2.56 bits per heavy atom. The van der Waals surface area contributed by atoms with Crippen LogP contribution in [0, 0.1) is 13.8 Å². The molecule has 0 fully saturated rings. The van der Waals surface area contributed by atoms with Crippen LogP contribution in [0.25, 0.3) is 0 Å². The van der Waals surface area contributed by atoms with Crippen LogP contribution in [0.2, 0.25) is 5.02 Å². The molecular formula is C14H13Cl2NO. The Kier molecular flexibility index (Phi) is 4.10. The Labute approximate surface area is 117 Å². The number of pyridine rings is 1. The molecule has 0 aliphatic rings. The molecule has 0 aliphatic heterocycles. The maximum Gasteiger partial charge on any atom is 0.219 e. The number of nitrogens with zero attached hydrogens (tertiary/aromatic N) is 1. The van der Waals surface area contributed by atoms with Crippen molar-refractivity contribution in [3.05, 3.63) is 52.2 Å². The Bertz CT molecular complexity index is 570. The maximum absolute atomic E-state index is 5.90. The Morgan fingerprint density at radius 1 is 1.17 bits per heavy atom. The third kappa shape index (κ3) is 2.95. The number of aryl methyl sites for hydroxylation is 2. The molecule has 0 unspecified atom stereocenters. The summed E-state index contributed by atoms with van der Waals surface area (Å²) < 4.78 is 5.73. The number of benzene rings is 1. The SMILES string of the molecule is Cc1cc(Cl)ccc1Oc1ccc(CCl)c(C)n1. The van der Waals surface area contributed by atoms with Crippen molar-refractivity contribution in [2.75, 3.05) is 0 Å². The molecule has 18 heavy (non-hydrogen) atoms. The molecule has 0 amide bonds. The molecule has 1 aromatic carbocycles. The van der Waals surface area contributed by atoms with E-state index in [2.05, 4.69) is 4.98 Å². The van der Waals surface area contributed by atoms with Gasteiger partial charge in [0.05, 0.1) is 0 Å². The average molecular weight is 282 g/mol. The fourth-order valence-electron chi connectivity index (χ4n) is 1.60. The maximum atomic E-state index is 5.90. The third-order valence-electron chi connectivity index (χ3n) is 2.67. The van der Waals surface area contributed by atoms with Crippen molar-refractivity contribution in [1.29, 1.82) is 0 Å². The van der Waals surface area contributed by atoms with Crippen LogP contribution >= 0.6 is 23.2 Å². The molecule has 2 nitrogen and oxygen atoms in total. The Balaban J connectivity index is 2.26. The Morgan fingerprint density at radius 2 is 1.94 bits per heavy atom. The highest BCUT2D eigenvalue weighted by Gasteiger charge is 2.05. The molecule has 0 bridgehead atoms. The second kappa shape index (κ2) is 5.59. The lowest BCUT2D eigenvalue weighted by Crippen LogP contribution is -1.94. The van der Waals surface area contributed by atoms with Gasteiger partial charge in [-0.25, -0.2) is 4.98 Å². The minimum atomic E-state index is 0.457. The van der Waals surface area contributed by atoms with Crippen LogP contribution in [0.5, 0.6) is 11.6 Å². The smallest absolute Gasteiger partial charge is 0.219 e. The summed E-state index contributed by atoms with van der Waals surface area (Å²) in [7, 11) is 0. The first kappa shape index (κ1) is 13.2. The predicted molar refractivity (Wildman–Crippen MR) is 74.8 cm³/mol. The summed E-state index contributed by atoms with van der Waals surface area (Å²) in [4.78, 5) is 4.36. The lowest BCUT2D eigenvalue weighted by Gasteiger charge is -2.09. The molecule has 0 radical (unpaired) electrons. The lowest BCUT2D eigenvalue weighted by atomic mass is 10.2. The number of aromatic nitrogens is 1. The van der Waals surface area contributed by atoms with Gasteiger partial charge in [-0.15, -0.1) is 11.6 Å². The van der Waals surface area contributed by atoms with Crippen molar-refractivity contribution in [1.82, 2.24) is 4.98 Å². The topological polar surface area (TPSA) is 22.1 Å². The zero-order valence-corrected chi connectivity index (χ0v) is 11.7. The highest BCUT2D eigenvalue weighted by molar-refractivity contribution is 6.30. The fourth-order valence-corrected chi connectivity index (χ4v) is 2.11. The van der Waals surface area contributed by atoms with Crippen molar-refractivity contribution >= 4 is 23.2 Å². The van der Waals surface area contributed by atoms with Gasteiger partial charge in [-0.1, -0.05) is 17.7 Å². The first-order valence-corrected chi connectivity index (χ1v) is 6.48. The molecular weight excluding hydrogens is 269 g/mol. The second-order valence-electron chi connectivity index (χ2n) is 4.04. The van der Waals surface area contributed by atoms with E-state index in [0.717, 1.165) is 22.6 Å². The molecule has 0 saturated carbocycles. The minimum absolute atomic E-state index is 0.457. The first-order chi connectivity index (χ1) is 8.60. The van der Waals surface area contributed by atoms with E-state index in [4.69, 9.17) is 27.9 Å². The number of halogens is 2. The summed E-state index contributed by atoms with van der Waals surface area (Å²) >= 11 is 11.7. The van der Waals surface area contributed by atoms with Gasteiger partial charge in [0.2, 0.25) is 5.88 Å². The number of alkyl halides is 1. The summed E-state index contributed by atoms with van der Waals surface area (Å²) in [5, 5.41) is 0.696. The first-order valence-electron chi connectivity index (χ1n) is 5.56. The standard InChI is InChI=1S/C14H13Cl2NO/c1-9-7-12(16)4-5-13(9)18-14-6-3-11(8-15)10(2)17-14/h3-7H,8H2,1-2H3. The minimum Gasteiger partial charge on any atom is -0.439 e. The molecule has 0 aliphatic carbocycles. The van der Waals surface area contributed by atoms with Gasteiger partial charge in [-0.05, 0) is 43.2 Å². The van der Waals surface area contributed by atoms with Crippen LogP contribution in [-0.2, 0) is 5.88 Å². The zero-order chi connectivity index (χ0) is 13.1. The summed E-state index contributed by atoms with van der Waals surface area (Å²) in [6.45, 7) is 3.86. The van der Waals surface area contributed by atoms with E-state index in [9.17, 15) is 0 Å². The number of rotatable bonds is 3. The molecule has 2 rings (SSSR count). The molecule has 94 valence electrons. The number of ether oxygens (including phenoxy) is 1. The van der Waals surface area contributed by atoms with E-state index in [-0.39, 0.29) is 0 Å². The molecule has 0 saturated heterocycles. The van der Waals surface area contributed by atoms with Gasteiger partial charge >= 0.3 is 0 Å². The molecule has 1 heterocycles. The predicted octanol–water partition coefficient (Wildman–Crippen LogP) is 4.88. The van der Waals surface area contributed by atoms with Gasteiger partial charge < -0.3 is 4.74 Å². The Hall–Kier alpha value is -1.25. The monoisotopic (exact) mass is 281 g/mol. The van der Waals surface area contributed by atoms with Crippen molar-refractivity contribution in [2.45, 2.75) is 19.7 Å². The van der Waals surface area contributed by atoms with Crippen LogP contribution < -0.4 is 4.74 Å². The quantitative estimate of drug-likeness (QED) is 0.748. The van der Waals surface area contributed by atoms with E-state index in [1.807, 2.05) is 38.1 Å². The second-order valence-corrected chi connectivity index (χ2v) is 4.74. The number of hydrogen-bond donors (Lipinski definition) is 0. The normalized spacial score (nSPS) is 10.4. The fraction of sp³-hybridized carbons (Fsp3) is 0.214. The molecule has 0 atom stereocenters. The molecule has 0 spiro atoms. The lowest BCUT2D eigenvalue weighted by molar-refractivity contribution is 0.458. The zero-order valence-electron chi connectivity index (χ0n) is 10.2. The van der Waals surface area contributed by atoms with Gasteiger partial charge in [0.15, 0.2) is 0 Å². The van der Waals surface area contributed by atoms with Crippen molar-refractivity contribution < 1.29 is 4.74 Å². The van der Waals surface area contributed by atoms with E-state index in [1.54, 1.807) is 6.07 Å². The van der Waals surface area contributed by atoms with Gasteiger partial charge in [0.1, 0.15) is 5.75 Å². The highest BCUT2D eigenvalue weighted by Crippen LogP contribution is 2.26.